The Balaban J connectivity index is 1.22. The quantitative estimate of drug-likeness (QED) is 0.0100. The third-order valence-corrected chi connectivity index (χ3v) is 20.9. The number of carbonyl (C=O) groups is 2. The zero-order valence-corrected chi connectivity index (χ0v) is 54.7. The van der Waals surface area contributed by atoms with Crippen LogP contribution in [0.5, 0.6) is 5.75 Å². The van der Waals surface area contributed by atoms with Crippen LogP contribution in [0.3, 0.4) is 0 Å². The van der Waals surface area contributed by atoms with E-state index >= 15 is 0 Å². The molecule has 0 atom stereocenters. The first-order chi connectivity index (χ1) is 43.2. The van der Waals surface area contributed by atoms with Crippen LogP contribution in [-0.2, 0) is 45.2 Å². The molecule has 0 fully saturated rings. The van der Waals surface area contributed by atoms with Gasteiger partial charge in [0, 0.05) is 102 Å². The van der Waals surface area contributed by atoms with E-state index in [1.165, 1.54) is 21.5 Å². The van der Waals surface area contributed by atoms with Gasteiger partial charge in [0.1, 0.15) is 27.9 Å². The lowest BCUT2D eigenvalue weighted by Crippen LogP contribution is -2.49. The number of rotatable bonds is 29. The molecule has 1 amide bonds. The molecule has 0 spiro atoms. The van der Waals surface area contributed by atoms with Crippen molar-refractivity contribution in [2.24, 2.45) is 0 Å². The van der Waals surface area contributed by atoms with Crippen molar-refractivity contribution < 1.29 is 48.5 Å². The van der Waals surface area contributed by atoms with Crippen molar-refractivity contribution in [1.82, 2.24) is 15.1 Å². The zero-order valence-electron chi connectivity index (χ0n) is 53.7. The molecule has 14 nitrogen and oxygen atoms in total. The summed E-state index contributed by atoms with van der Waals surface area (Å²) in [5, 5.41) is 52.3. The van der Waals surface area contributed by atoms with Gasteiger partial charge < -0.3 is 44.5 Å². The van der Waals surface area contributed by atoms with E-state index in [-0.39, 0.29) is 11.7 Å². The van der Waals surface area contributed by atoms with Crippen LogP contribution in [-0.4, -0.2) is 156 Å². The summed E-state index contributed by atoms with van der Waals surface area (Å²) in [6.07, 6.45) is 7.82. The van der Waals surface area contributed by atoms with Gasteiger partial charge in [-0.2, -0.15) is 0 Å². The van der Waals surface area contributed by atoms with Gasteiger partial charge in [-0.3, -0.25) is 19.4 Å². The highest BCUT2D eigenvalue weighted by molar-refractivity contribution is 6.98. The van der Waals surface area contributed by atoms with Crippen LogP contribution < -0.4 is 31.1 Å². The maximum Gasteiger partial charge on any atom is 0.488 e. The summed E-state index contributed by atoms with van der Waals surface area (Å²) in [4.78, 5) is 31.5. The maximum atomic E-state index is 12.5. The average molecular weight is 1230 g/mol. The van der Waals surface area contributed by atoms with Crippen molar-refractivity contribution in [3.63, 3.8) is 0 Å². The molecule has 1 aliphatic carbocycles. The molecular weight excluding hydrogens is 1140 g/mol. The number of allylic oxidation sites excluding steroid dienone is 6. The molecule has 0 unspecified atom stereocenters. The van der Waals surface area contributed by atoms with Gasteiger partial charge in [-0.15, -0.1) is 0 Å². The highest BCUT2D eigenvalue weighted by Gasteiger charge is 2.41. The smallest absolute Gasteiger partial charge is 0.488 e. The molecule has 7 aromatic rings. The number of carbonyl (C=O) groups excluding carboxylic acids is 2. The molecule has 7 aromatic carbocycles. The second-order valence-corrected chi connectivity index (χ2v) is 28.9. The van der Waals surface area contributed by atoms with Gasteiger partial charge in [-0.05, 0) is 155 Å². The van der Waals surface area contributed by atoms with Gasteiger partial charge in [-0.25, -0.2) is 4.58 Å². The van der Waals surface area contributed by atoms with Gasteiger partial charge in [0.05, 0.1) is 26.9 Å². The molecule has 90 heavy (non-hydrogen) atoms. The normalized spacial score (nSPS) is 13.4. The largest absolute Gasteiger partial charge is 0.496 e. The topological polar surface area (TPSA) is 168 Å². The molecule has 9 rings (SSSR count). The van der Waals surface area contributed by atoms with Crippen molar-refractivity contribution >= 4 is 88.6 Å². The van der Waals surface area contributed by atoms with E-state index in [1.54, 1.807) is 39.2 Å². The lowest BCUT2D eigenvalue weighted by Gasteiger charge is -2.38. The van der Waals surface area contributed by atoms with E-state index in [2.05, 4.69) is 176 Å². The molecule has 2 aliphatic rings. The summed E-state index contributed by atoms with van der Waals surface area (Å²) in [5.41, 5.74) is 14.3. The molecule has 0 aromatic heterocycles. The summed E-state index contributed by atoms with van der Waals surface area (Å²) >= 11 is 0. The van der Waals surface area contributed by atoms with Crippen LogP contribution in [0.15, 0.2) is 181 Å². The minimum absolute atomic E-state index is 0.0182. The number of benzene rings is 7. The number of ether oxygens (including phenoxy) is 3. The van der Waals surface area contributed by atoms with E-state index in [9.17, 15) is 29.7 Å². The second-order valence-electron chi connectivity index (χ2n) is 24.6. The molecule has 0 saturated carbocycles. The molecule has 1 heterocycles. The fraction of sp³-hybridized carbons (Fsp3) is 0.301. The van der Waals surface area contributed by atoms with Crippen LogP contribution in [0, 0.1) is 0 Å². The number of anilines is 1. The van der Waals surface area contributed by atoms with Gasteiger partial charge in [0.2, 0.25) is 5.91 Å². The summed E-state index contributed by atoms with van der Waals surface area (Å²) in [6, 6.07) is 43.4. The highest BCUT2D eigenvalue weighted by Crippen LogP contribution is 2.46. The van der Waals surface area contributed by atoms with Gasteiger partial charge in [0.15, 0.2) is 11.5 Å². The third-order valence-electron chi connectivity index (χ3n) is 17.4. The Bertz CT molecular complexity index is 3980. The number of ketones is 1. The first kappa shape index (κ1) is 66.6. The zero-order chi connectivity index (χ0) is 64.4. The predicted molar refractivity (Wildman–Crippen MR) is 371 cm³/mol. The molecule has 17 heteroatoms. The van der Waals surface area contributed by atoms with Gasteiger partial charge >= 0.3 is 14.2 Å². The van der Waals surface area contributed by atoms with Crippen LogP contribution in [0.2, 0.25) is 13.1 Å². The minimum Gasteiger partial charge on any atom is -0.496 e. The van der Waals surface area contributed by atoms with Crippen LogP contribution in [0.4, 0.5) is 5.69 Å². The SMILES string of the molecule is C=C(C)C(=O)CCCOCCN(Cc1ccccc1B(O)O)Cc1c2ccccc2c(CN(CCOCCNC(=O)C(=C)C)Cc2ccccc2B(O)O)c2ccc(-c3ccc(OC)c(C4=C5C=CC(=[N+](C)C)C=C5[Si](C)(C)c5cc(N(C)C)ccc54)c3)cc12. The highest BCUT2D eigenvalue weighted by atomic mass is 28.3. The van der Waals surface area contributed by atoms with E-state index in [4.69, 9.17) is 14.2 Å². The standard InChI is InChI=1S/C73H85B2N5O9Si/c1-49(2)68(81)25-18-37-88-39-35-80(46-54-20-13-17-24-67(54)75(85)86)48-65-58-22-15-14-21-57(58)64(47-79(36-40-89-38-34-76-73(82)50(3)4)45-53-19-12-16-23-66(53)74(83)84)59-30-26-51(41-62(59)65)52-27-33-69(87-9)63(42-52)72-60-31-28-55(77(5)6)43-70(60)90(10,11)71-44-56(78(7)8)29-32-61(71)72/h12-17,19-24,26-33,41-44,83-86H,1,3,18,25,34-40,45-48H2,2,4-11H3/p+1. The lowest BCUT2D eigenvalue weighted by atomic mass is 9.77. The summed E-state index contributed by atoms with van der Waals surface area (Å²) in [7, 11) is 4.48. The molecular formula is C73H86B2N5O9Si+. The predicted octanol–water partition coefficient (Wildman–Crippen LogP) is 8.23. The molecule has 5 N–H and O–H groups in total. The second kappa shape index (κ2) is 29.9. The Hall–Kier alpha value is -7.80. The minimum atomic E-state index is -2.28. The number of methoxy groups -OCH3 is 1. The fourth-order valence-electron chi connectivity index (χ4n) is 12.4. The third kappa shape index (κ3) is 15.3. The van der Waals surface area contributed by atoms with E-state index in [0.717, 1.165) is 83.2 Å². The maximum absolute atomic E-state index is 12.5. The van der Waals surface area contributed by atoms with Crippen LogP contribution in [0.1, 0.15) is 60.1 Å². The number of amides is 1. The molecule has 466 valence electrons. The van der Waals surface area contributed by atoms with Crippen molar-refractivity contribution in [3.8, 4) is 16.9 Å². The Morgan fingerprint density at radius 3 is 1.78 bits per heavy atom. The Kier molecular flexibility index (Phi) is 22.1. The van der Waals surface area contributed by atoms with Crippen molar-refractivity contribution in [3.05, 3.63) is 214 Å². The Morgan fingerprint density at radius 2 is 1.20 bits per heavy atom. The lowest BCUT2D eigenvalue weighted by molar-refractivity contribution is -0.462. The van der Waals surface area contributed by atoms with Crippen molar-refractivity contribution in [2.45, 2.75) is 66.0 Å². The van der Waals surface area contributed by atoms with E-state index in [0.29, 0.717) is 107 Å². The average Bonchev–Trinajstić information content (AvgIpc) is 0.730. The van der Waals surface area contributed by atoms with E-state index in [1.807, 2.05) is 30.3 Å². The fourth-order valence-corrected chi connectivity index (χ4v) is 15.4. The Morgan fingerprint density at radius 1 is 0.633 bits per heavy atom. The van der Waals surface area contributed by atoms with Crippen LogP contribution in [0.25, 0.3) is 38.2 Å². The summed E-state index contributed by atoms with van der Waals surface area (Å²) in [5.74, 6) is 0.554. The number of hydrogen-bond donors (Lipinski definition) is 5. The monoisotopic (exact) mass is 1230 g/mol. The first-order valence-electron chi connectivity index (χ1n) is 30.9. The number of nitrogens with one attached hydrogen (secondary N) is 1. The Labute approximate surface area is 532 Å². The van der Waals surface area contributed by atoms with Crippen LogP contribution >= 0.6 is 0 Å². The molecule has 0 saturated heterocycles. The number of fused-ring (bicyclic) bond motifs is 4. The van der Waals surface area contributed by atoms with Gasteiger partial charge in [0.25, 0.3) is 0 Å². The number of hydrogen-bond acceptors (Lipinski definition) is 12. The first-order valence-corrected chi connectivity index (χ1v) is 33.9. The number of nitrogens with zero attached hydrogens (tertiary/aromatic N) is 4. The summed E-state index contributed by atoms with van der Waals surface area (Å²) < 4.78 is 21.0. The van der Waals surface area contributed by atoms with Crippen molar-refractivity contribution in [2.75, 3.05) is 86.3 Å². The molecule has 0 radical (unpaired) electrons. The number of Topliss-reactive ketones (excluding diaryl/α,β-unsaturated/α-hetero) is 1. The molecule has 0 bridgehead atoms. The summed E-state index contributed by atoms with van der Waals surface area (Å²) in [6.45, 7) is 20.2. The molecule has 1 aliphatic heterocycles. The van der Waals surface area contributed by atoms with Gasteiger partial charge in [-0.1, -0.05) is 123 Å². The van der Waals surface area contributed by atoms with E-state index < -0.39 is 22.3 Å². The van der Waals surface area contributed by atoms with Crippen molar-refractivity contribution in [1.29, 1.82) is 0 Å².